The lowest BCUT2D eigenvalue weighted by molar-refractivity contribution is 0.0919. The molecule has 0 saturated heterocycles. The third-order valence-corrected chi connectivity index (χ3v) is 4.12. The minimum Gasteiger partial charge on any atom is -0.497 e. The van der Waals surface area contributed by atoms with Crippen LogP contribution in [-0.2, 0) is 0 Å². The summed E-state index contributed by atoms with van der Waals surface area (Å²) >= 11 is 1.35. The molecule has 0 fully saturated rings. The van der Waals surface area contributed by atoms with Crippen LogP contribution in [0.25, 0.3) is 0 Å². The fraction of sp³-hybridized carbons (Fsp3) is 0.333. The highest BCUT2D eigenvalue weighted by molar-refractivity contribution is 7.13. The van der Waals surface area contributed by atoms with Crippen molar-refractivity contribution in [3.63, 3.8) is 0 Å². The Bertz CT molecular complexity index is 640. The average Bonchev–Trinajstić information content (AvgIpc) is 2.83. The van der Waals surface area contributed by atoms with Gasteiger partial charge in [0, 0.05) is 6.54 Å². The number of carbonyl (C=O) groups excluding carboxylic acids is 1. The predicted molar refractivity (Wildman–Crippen MR) is 81.9 cm³/mol. The second-order valence-electron chi connectivity index (χ2n) is 4.65. The molecule has 6 heteroatoms. The first-order valence-electron chi connectivity index (χ1n) is 6.55. The molecule has 1 atom stereocenters. The van der Waals surface area contributed by atoms with E-state index in [1.54, 1.807) is 38.3 Å². The van der Waals surface area contributed by atoms with Gasteiger partial charge in [0.05, 0.1) is 23.9 Å². The molecular formula is C15H18N2O3S. The van der Waals surface area contributed by atoms with Crippen LogP contribution >= 0.6 is 11.3 Å². The van der Waals surface area contributed by atoms with E-state index in [-0.39, 0.29) is 12.5 Å². The molecule has 0 aliphatic rings. The van der Waals surface area contributed by atoms with Crippen molar-refractivity contribution in [2.24, 2.45) is 0 Å². The zero-order valence-electron chi connectivity index (χ0n) is 12.2. The van der Waals surface area contributed by atoms with Gasteiger partial charge in [-0.15, -0.1) is 11.3 Å². The summed E-state index contributed by atoms with van der Waals surface area (Å²) < 4.78 is 5.11. The van der Waals surface area contributed by atoms with Crippen molar-refractivity contribution in [2.45, 2.75) is 20.0 Å². The van der Waals surface area contributed by atoms with E-state index in [1.807, 2.05) is 6.92 Å². The first-order valence-corrected chi connectivity index (χ1v) is 7.37. The number of nitrogens with zero attached hydrogens (tertiary/aromatic N) is 1. The van der Waals surface area contributed by atoms with Crippen LogP contribution in [0.4, 0.5) is 0 Å². The number of carbonyl (C=O) groups is 1. The lowest BCUT2D eigenvalue weighted by Crippen LogP contribution is -2.28. The van der Waals surface area contributed by atoms with Crippen LogP contribution in [0, 0.1) is 13.8 Å². The maximum Gasteiger partial charge on any atom is 0.263 e. The van der Waals surface area contributed by atoms with Gasteiger partial charge in [-0.2, -0.15) is 0 Å². The van der Waals surface area contributed by atoms with Gasteiger partial charge in [0.15, 0.2) is 0 Å². The maximum absolute atomic E-state index is 12.1. The average molecular weight is 306 g/mol. The standard InChI is InChI=1S/C15H18N2O3S/c1-9-14(21-10(2)17-9)15(19)16-8-13(18)11-5-4-6-12(7-11)20-3/h4-7,13,18H,8H2,1-3H3,(H,16,19). The van der Waals surface area contributed by atoms with E-state index >= 15 is 0 Å². The van der Waals surface area contributed by atoms with Crippen LogP contribution in [0.3, 0.4) is 0 Å². The molecule has 2 aromatic rings. The van der Waals surface area contributed by atoms with Crippen LogP contribution in [0.15, 0.2) is 24.3 Å². The molecule has 0 saturated carbocycles. The highest BCUT2D eigenvalue weighted by atomic mass is 32.1. The van der Waals surface area contributed by atoms with E-state index in [1.165, 1.54) is 11.3 Å². The molecule has 0 radical (unpaired) electrons. The van der Waals surface area contributed by atoms with Crippen molar-refractivity contribution in [2.75, 3.05) is 13.7 Å². The summed E-state index contributed by atoms with van der Waals surface area (Å²) in [7, 11) is 1.57. The van der Waals surface area contributed by atoms with Crippen LogP contribution in [0.1, 0.15) is 32.0 Å². The van der Waals surface area contributed by atoms with E-state index in [9.17, 15) is 9.90 Å². The Hall–Kier alpha value is -1.92. The van der Waals surface area contributed by atoms with Crippen molar-refractivity contribution in [1.82, 2.24) is 10.3 Å². The fourth-order valence-electron chi connectivity index (χ4n) is 1.98. The highest BCUT2D eigenvalue weighted by Gasteiger charge is 2.15. The number of rotatable bonds is 5. The summed E-state index contributed by atoms with van der Waals surface area (Å²) in [6.07, 6.45) is -0.779. The van der Waals surface area contributed by atoms with E-state index in [0.717, 1.165) is 5.01 Å². The Kier molecular flexibility index (Phi) is 4.93. The third kappa shape index (κ3) is 3.80. The van der Waals surface area contributed by atoms with Crippen LogP contribution in [0.2, 0.25) is 0 Å². The predicted octanol–water partition coefficient (Wildman–Crippen LogP) is 2.23. The first kappa shape index (κ1) is 15.5. The monoisotopic (exact) mass is 306 g/mol. The van der Waals surface area contributed by atoms with Crippen LogP contribution < -0.4 is 10.1 Å². The van der Waals surface area contributed by atoms with E-state index in [2.05, 4.69) is 10.3 Å². The van der Waals surface area contributed by atoms with Crippen molar-refractivity contribution in [1.29, 1.82) is 0 Å². The SMILES string of the molecule is COc1cccc(C(O)CNC(=O)c2sc(C)nc2C)c1. The molecule has 0 aliphatic heterocycles. The number of aliphatic hydroxyl groups is 1. The van der Waals surface area contributed by atoms with Gasteiger partial charge in [-0.05, 0) is 31.5 Å². The fourth-order valence-corrected chi connectivity index (χ4v) is 2.81. The Morgan fingerprint density at radius 1 is 1.48 bits per heavy atom. The summed E-state index contributed by atoms with van der Waals surface area (Å²) in [5.74, 6) is 0.465. The number of aryl methyl sites for hydroxylation is 2. The van der Waals surface area contributed by atoms with Crippen molar-refractivity contribution in [3.8, 4) is 5.75 Å². The molecule has 112 valence electrons. The van der Waals surface area contributed by atoms with Crippen molar-refractivity contribution in [3.05, 3.63) is 45.4 Å². The summed E-state index contributed by atoms with van der Waals surface area (Å²) in [5, 5.41) is 13.7. The Morgan fingerprint density at radius 3 is 2.86 bits per heavy atom. The number of aliphatic hydroxyl groups excluding tert-OH is 1. The molecule has 1 unspecified atom stereocenters. The molecule has 2 N–H and O–H groups in total. The van der Waals surface area contributed by atoms with Crippen LogP contribution in [-0.4, -0.2) is 29.7 Å². The summed E-state index contributed by atoms with van der Waals surface area (Å²) in [6.45, 7) is 3.80. The lowest BCUT2D eigenvalue weighted by atomic mass is 10.1. The first-order chi connectivity index (χ1) is 10.0. The number of benzene rings is 1. The second kappa shape index (κ2) is 6.69. The number of ether oxygens (including phenoxy) is 1. The van der Waals surface area contributed by atoms with Gasteiger partial charge in [0.25, 0.3) is 5.91 Å². The molecule has 0 spiro atoms. The molecule has 1 heterocycles. The number of thiazole rings is 1. The highest BCUT2D eigenvalue weighted by Crippen LogP contribution is 2.20. The molecular weight excluding hydrogens is 288 g/mol. The number of amides is 1. The molecule has 1 amide bonds. The van der Waals surface area contributed by atoms with E-state index < -0.39 is 6.10 Å². The zero-order valence-corrected chi connectivity index (χ0v) is 13.0. The maximum atomic E-state index is 12.1. The van der Waals surface area contributed by atoms with E-state index in [0.29, 0.717) is 21.9 Å². The lowest BCUT2D eigenvalue weighted by Gasteiger charge is -2.13. The summed E-state index contributed by atoms with van der Waals surface area (Å²) in [4.78, 5) is 16.9. The number of hydrogen-bond acceptors (Lipinski definition) is 5. The third-order valence-electron chi connectivity index (χ3n) is 3.04. The van der Waals surface area contributed by atoms with Gasteiger partial charge in [-0.25, -0.2) is 4.98 Å². The zero-order chi connectivity index (χ0) is 15.4. The Labute approximate surface area is 127 Å². The number of methoxy groups -OCH3 is 1. The molecule has 1 aromatic carbocycles. The summed E-state index contributed by atoms with van der Waals surface area (Å²) in [5.41, 5.74) is 1.41. The molecule has 1 aromatic heterocycles. The van der Waals surface area contributed by atoms with Gasteiger partial charge in [0.1, 0.15) is 10.6 Å². The number of nitrogens with one attached hydrogen (secondary N) is 1. The molecule has 21 heavy (non-hydrogen) atoms. The normalized spacial score (nSPS) is 12.0. The molecule has 0 aliphatic carbocycles. The smallest absolute Gasteiger partial charge is 0.263 e. The Morgan fingerprint density at radius 2 is 2.24 bits per heavy atom. The van der Waals surface area contributed by atoms with Gasteiger partial charge in [0.2, 0.25) is 0 Å². The van der Waals surface area contributed by atoms with Gasteiger partial charge >= 0.3 is 0 Å². The van der Waals surface area contributed by atoms with Crippen molar-refractivity contribution < 1.29 is 14.6 Å². The quantitative estimate of drug-likeness (QED) is 0.888. The second-order valence-corrected chi connectivity index (χ2v) is 5.85. The number of aromatic nitrogens is 1. The minimum atomic E-state index is -0.779. The van der Waals surface area contributed by atoms with Crippen LogP contribution in [0.5, 0.6) is 5.75 Å². The topological polar surface area (TPSA) is 71.5 Å². The van der Waals surface area contributed by atoms with Crippen molar-refractivity contribution >= 4 is 17.2 Å². The van der Waals surface area contributed by atoms with Gasteiger partial charge in [-0.1, -0.05) is 12.1 Å². The molecule has 2 rings (SSSR count). The van der Waals surface area contributed by atoms with E-state index in [4.69, 9.17) is 4.74 Å². The molecule has 0 bridgehead atoms. The Balaban J connectivity index is 1.98. The molecule has 5 nitrogen and oxygen atoms in total. The van der Waals surface area contributed by atoms with Gasteiger partial charge < -0.3 is 15.2 Å². The number of hydrogen-bond donors (Lipinski definition) is 2. The largest absolute Gasteiger partial charge is 0.497 e. The minimum absolute atomic E-state index is 0.141. The van der Waals surface area contributed by atoms with Gasteiger partial charge in [-0.3, -0.25) is 4.79 Å². The summed E-state index contributed by atoms with van der Waals surface area (Å²) in [6, 6.07) is 7.15.